The third kappa shape index (κ3) is 3.83. The quantitative estimate of drug-likeness (QED) is 0.430. The van der Waals surface area contributed by atoms with Gasteiger partial charge in [-0.1, -0.05) is 11.6 Å². The lowest BCUT2D eigenvalue weighted by Gasteiger charge is -2.14. The molecule has 3 heterocycles. The monoisotopic (exact) mass is 439 g/mol. The molecule has 7 heteroatoms. The maximum absolute atomic E-state index is 12.7. The number of hydrogen-bond donors (Lipinski definition) is 0. The van der Waals surface area contributed by atoms with E-state index >= 15 is 0 Å². The van der Waals surface area contributed by atoms with E-state index in [9.17, 15) is 4.79 Å². The van der Waals surface area contributed by atoms with Crippen molar-refractivity contribution in [3.63, 3.8) is 0 Å². The summed E-state index contributed by atoms with van der Waals surface area (Å²) in [5.41, 5.74) is 3.00. The molecule has 0 unspecified atom stereocenters. The number of benzene rings is 1. The predicted octanol–water partition coefficient (Wildman–Crippen LogP) is 5.18. The first-order valence-corrected chi connectivity index (χ1v) is 11.3. The Morgan fingerprint density at radius 1 is 1.13 bits per heavy atom. The van der Waals surface area contributed by atoms with Gasteiger partial charge in [-0.3, -0.25) is 14.1 Å². The Bertz CT molecular complexity index is 1260. The Kier molecular flexibility index (Phi) is 5.23. The molecule has 0 atom stereocenters. The lowest BCUT2D eigenvalue weighted by atomic mass is 10.0. The van der Waals surface area contributed by atoms with Crippen molar-refractivity contribution in [2.75, 3.05) is 7.05 Å². The van der Waals surface area contributed by atoms with Gasteiger partial charge in [0.25, 0.3) is 5.56 Å². The SMILES string of the molecule is CN(Cc1cc(=O)n2c3c(sc2n1)CCCC3)Cc1ccc(-c2ccc(Cl)cc2)o1. The summed E-state index contributed by atoms with van der Waals surface area (Å²) in [6, 6.07) is 13.2. The van der Waals surface area contributed by atoms with Crippen LogP contribution in [0.4, 0.5) is 0 Å². The van der Waals surface area contributed by atoms with Gasteiger partial charge in [0.15, 0.2) is 4.96 Å². The summed E-state index contributed by atoms with van der Waals surface area (Å²) < 4.78 is 7.81. The summed E-state index contributed by atoms with van der Waals surface area (Å²) >= 11 is 7.63. The van der Waals surface area contributed by atoms with Crippen LogP contribution in [0.3, 0.4) is 0 Å². The highest BCUT2D eigenvalue weighted by molar-refractivity contribution is 7.17. The zero-order valence-electron chi connectivity index (χ0n) is 16.7. The molecule has 4 aromatic rings. The zero-order chi connectivity index (χ0) is 20.7. The Hall–Kier alpha value is -2.41. The topological polar surface area (TPSA) is 50.8 Å². The fraction of sp³-hybridized carbons (Fsp3) is 0.304. The van der Waals surface area contributed by atoms with Gasteiger partial charge in [-0.05, 0) is 69.1 Å². The van der Waals surface area contributed by atoms with E-state index in [1.165, 1.54) is 17.0 Å². The van der Waals surface area contributed by atoms with Gasteiger partial charge in [0, 0.05) is 33.8 Å². The van der Waals surface area contributed by atoms with E-state index in [1.807, 2.05) is 47.8 Å². The van der Waals surface area contributed by atoms with Crippen molar-refractivity contribution in [2.24, 2.45) is 0 Å². The predicted molar refractivity (Wildman–Crippen MR) is 120 cm³/mol. The first-order valence-electron chi connectivity index (χ1n) is 10.1. The van der Waals surface area contributed by atoms with Gasteiger partial charge >= 0.3 is 0 Å². The minimum Gasteiger partial charge on any atom is -0.460 e. The maximum atomic E-state index is 12.7. The zero-order valence-corrected chi connectivity index (χ0v) is 18.3. The molecule has 5 nitrogen and oxygen atoms in total. The second kappa shape index (κ2) is 8.02. The second-order valence-corrected chi connectivity index (χ2v) is 9.33. The molecule has 0 bridgehead atoms. The molecule has 1 aliphatic carbocycles. The fourth-order valence-electron chi connectivity index (χ4n) is 4.05. The van der Waals surface area contributed by atoms with Crippen LogP contribution in [0.2, 0.25) is 5.02 Å². The average Bonchev–Trinajstić information content (AvgIpc) is 3.32. The molecule has 0 amide bonds. The number of hydrogen-bond acceptors (Lipinski definition) is 5. The molecule has 5 rings (SSSR count). The third-order valence-electron chi connectivity index (χ3n) is 5.46. The average molecular weight is 440 g/mol. The molecule has 0 saturated carbocycles. The van der Waals surface area contributed by atoms with Gasteiger partial charge in [-0.15, -0.1) is 11.3 Å². The first kappa shape index (κ1) is 19.5. The van der Waals surface area contributed by atoms with E-state index in [0.717, 1.165) is 47.0 Å². The van der Waals surface area contributed by atoms with E-state index < -0.39 is 0 Å². The minimum absolute atomic E-state index is 0.0332. The molecule has 0 radical (unpaired) electrons. The van der Waals surface area contributed by atoms with Gasteiger partial charge in [0.1, 0.15) is 11.5 Å². The number of aryl methyl sites for hydroxylation is 2. The number of fused-ring (bicyclic) bond motifs is 3. The summed E-state index contributed by atoms with van der Waals surface area (Å²) in [5.74, 6) is 1.68. The summed E-state index contributed by atoms with van der Waals surface area (Å²) in [6.07, 6.45) is 4.39. The van der Waals surface area contributed by atoms with Crippen LogP contribution in [0.15, 0.2) is 51.7 Å². The van der Waals surface area contributed by atoms with Crippen molar-refractivity contribution >= 4 is 27.9 Å². The van der Waals surface area contributed by atoms with Gasteiger partial charge in [0.2, 0.25) is 0 Å². The molecule has 30 heavy (non-hydrogen) atoms. The first-order chi connectivity index (χ1) is 14.6. The number of furan rings is 1. The Labute approximate surface area is 183 Å². The molecule has 0 saturated heterocycles. The molecule has 0 spiro atoms. The number of rotatable bonds is 5. The second-order valence-electron chi connectivity index (χ2n) is 7.83. The maximum Gasteiger partial charge on any atom is 0.259 e. The largest absolute Gasteiger partial charge is 0.460 e. The highest BCUT2D eigenvalue weighted by Gasteiger charge is 2.19. The molecule has 0 fully saturated rings. The Balaban J connectivity index is 1.32. The van der Waals surface area contributed by atoms with Crippen LogP contribution in [0.25, 0.3) is 16.3 Å². The normalized spacial score (nSPS) is 13.8. The number of halogens is 1. The third-order valence-corrected chi connectivity index (χ3v) is 6.86. The van der Waals surface area contributed by atoms with E-state index in [4.69, 9.17) is 21.0 Å². The van der Waals surface area contributed by atoms with E-state index in [-0.39, 0.29) is 5.56 Å². The van der Waals surface area contributed by atoms with E-state index in [2.05, 4.69) is 4.90 Å². The van der Waals surface area contributed by atoms with Gasteiger partial charge in [-0.25, -0.2) is 4.98 Å². The van der Waals surface area contributed by atoms with Gasteiger partial charge in [-0.2, -0.15) is 0 Å². The van der Waals surface area contributed by atoms with Crippen molar-refractivity contribution in [3.05, 3.63) is 79.9 Å². The summed E-state index contributed by atoms with van der Waals surface area (Å²) in [7, 11) is 2.01. The van der Waals surface area contributed by atoms with Crippen LogP contribution < -0.4 is 5.56 Å². The van der Waals surface area contributed by atoms with Crippen LogP contribution in [-0.4, -0.2) is 21.3 Å². The molecule has 0 aliphatic heterocycles. The van der Waals surface area contributed by atoms with Crippen LogP contribution >= 0.6 is 22.9 Å². The van der Waals surface area contributed by atoms with Crippen molar-refractivity contribution in [1.29, 1.82) is 0 Å². The van der Waals surface area contributed by atoms with E-state index in [0.29, 0.717) is 18.1 Å². The van der Waals surface area contributed by atoms with Gasteiger partial charge in [0.05, 0.1) is 12.2 Å². The van der Waals surface area contributed by atoms with Crippen molar-refractivity contribution in [1.82, 2.24) is 14.3 Å². The van der Waals surface area contributed by atoms with Crippen molar-refractivity contribution in [3.8, 4) is 11.3 Å². The molecule has 1 aliphatic rings. The van der Waals surface area contributed by atoms with Crippen molar-refractivity contribution < 1.29 is 4.42 Å². The summed E-state index contributed by atoms with van der Waals surface area (Å²) in [4.78, 5) is 21.8. The van der Waals surface area contributed by atoms with Crippen molar-refractivity contribution in [2.45, 2.75) is 38.8 Å². The lowest BCUT2D eigenvalue weighted by Crippen LogP contribution is -2.22. The molecule has 0 N–H and O–H groups in total. The molecule has 154 valence electrons. The molecule has 1 aromatic carbocycles. The molecular formula is C23H22ClN3O2S. The van der Waals surface area contributed by atoms with Crippen LogP contribution in [0.5, 0.6) is 0 Å². The Morgan fingerprint density at radius 2 is 1.93 bits per heavy atom. The lowest BCUT2D eigenvalue weighted by molar-refractivity contribution is 0.286. The number of nitrogens with zero attached hydrogens (tertiary/aromatic N) is 3. The van der Waals surface area contributed by atoms with Crippen LogP contribution in [0, 0.1) is 0 Å². The smallest absolute Gasteiger partial charge is 0.259 e. The van der Waals surface area contributed by atoms with Crippen LogP contribution in [0.1, 0.15) is 34.9 Å². The highest BCUT2D eigenvalue weighted by Crippen LogP contribution is 2.28. The molecule has 3 aromatic heterocycles. The standard InChI is InChI=1S/C23H22ClN3O2S/c1-26(14-18-10-11-20(29-18)15-6-8-16(24)9-7-15)13-17-12-22(28)27-19-4-2-3-5-21(19)30-23(27)25-17/h6-12H,2-5,13-14H2,1H3. The summed E-state index contributed by atoms with van der Waals surface area (Å²) in [5, 5.41) is 0.706. The number of aromatic nitrogens is 2. The van der Waals surface area contributed by atoms with Gasteiger partial charge < -0.3 is 4.42 Å². The van der Waals surface area contributed by atoms with E-state index in [1.54, 1.807) is 17.4 Å². The number of thiazole rings is 1. The fourth-order valence-corrected chi connectivity index (χ4v) is 5.41. The summed E-state index contributed by atoms with van der Waals surface area (Å²) in [6.45, 7) is 1.22. The van der Waals surface area contributed by atoms with Crippen LogP contribution in [-0.2, 0) is 25.9 Å². The Morgan fingerprint density at radius 3 is 2.77 bits per heavy atom. The molecular weight excluding hydrogens is 418 g/mol. The highest BCUT2D eigenvalue weighted by atomic mass is 35.5. The minimum atomic E-state index is 0.0332.